The Morgan fingerprint density at radius 2 is 1.89 bits per heavy atom. The van der Waals surface area contributed by atoms with Crippen LogP contribution in [0.1, 0.15) is 62.4 Å². The van der Waals surface area contributed by atoms with Gasteiger partial charge in [0.05, 0.1) is 11.0 Å². The van der Waals surface area contributed by atoms with Crippen LogP contribution in [0.15, 0.2) is 12.1 Å². The van der Waals surface area contributed by atoms with Gasteiger partial charge in [-0.05, 0) is 49.9 Å². The number of benzene rings is 1. The number of imidazole rings is 1. The number of hydrogen-bond acceptors (Lipinski definition) is 1. The maximum atomic E-state index is 4.78. The molecule has 1 N–H and O–H groups in total. The first-order valence-corrected chi connectivity index (χ1v) is 7.12. The van der Waals surface area contributed by atoms with Crippen LogP contribution in [-0.2, 0) is 0 Å². The monoisotopic (exact) mass is 244 g/mol. The van der Waals surface area contributed by atoms with Crippen LogP contribution in [0.25, 0.3) is 11.0 Å². The lowest BCUT2D eigenvalue weighted by atomic mass is 9.99. The number of hydrogen-bond donors (Lipinski definition) is 1. The Bertz CT molecular complexity index is 486. The Morgan fingerprint density at radius 1 is 1.17 bits per heavy atom. The maximum Gasteiger partial charge on any atom is 0.110 e. The molecule has 0 bridgehead atoms. The van der Waals surface area contributed by atoms with E-state index in [1.54, 1.807) is 0 Å². The lowest BCUT2D eigenvalue weighted by molar-refractivity contribution is 0.549. The highest BCUT2D eigenvalue weighted by atomic mass is 14.9. The first-order valence-electron chi connectivity index (χ1n) is 7.12. The summed E-state index contributed by atoms with van der Waals surface area (Å²) in [5.74, 6) is 1.75. The average molecular weight is 244 g/mol. The van der Waals surface area contributed by atoms with Crippen LogP contribution in [0.2, 0.25) is 0 Å². The van der Waals surface area contributed by atoms with Gasteiger partial charge in [0, 0.05) is 5.92 Å². The number of unbranched alkanes of at least 4 members (excludes halogenated alkanes) is 1. The van der Waals surface area contributed by atoms with Crippen molar-refractivity contribution in [3.05, 3.63) is 29.1 Å². The van der Waals surface area contributed by atoms with Crippen molar-refractivity contribution in [3.8, 4) is 0 Å². The van der Waals surface area contributed by atoms with E-state index in [0.717, 1.165) is 11.9 Å². The molecule has 0 spiro atoms. The van der Waals surface area contributed by atoms with Crippen LogP contribution in [-0.4, -0.2) is 9.97 Å². The maximum absolute atomic E-state index is 4.78. The number of fused-ring (bicyclic) bond motifs is 1. The van der Waals surface area contributed by atoms with Gasteiger partial charge in [-0.2, -0.15) is 0 Å². The van der Waals surface area contributed by atoms with E-state index in [0.29, 0.717) is 5.92 Å². The van der Waals surface area contributed by atoms with E-state index in [1.807, 2.05) is 0 Å². The molecule has 0 saturated heterocycles. The summed E-state index contributed by atoms with van der Waals surface area (Å²) in [7, 11) is 0. The van der Waals surface area contributed by atoms with Crippen LogP contribution in [0, 0.1) is 13.8 Å². The predicted molar refractivity (Wildman–Crippen MR) is 78.1 cm³/mol. The first kappa shape index (κ1) is 13.1. The molecule has 0 fully saturated rings. The molecular formula is C16H24N2. The summed E-state index contributed by atoms with van der Waals surface area (Å²) in [4.78, 5) is 8.30. The minimum atomic E-state index is 0.581. The molecule has 1 aromatic heterocycles. The van der Waals surface area contributed by atoms with Gasteiger partial charge < -0.3 is 4.98 Å². The fraction of sp³-hybridized carbons (Fsp3) is 0.562. The highest BCUT2D eigenvalue weighted by Gasteiger charge is 2.13. The van der Waals surface area contributed by atoms with Crippen molar-refractivity contribution in [3.63, 3.8) is 0 Å². The fourth-order valence-corrected chi connectivity index (χ4v) is 2.47. The van der Waals surface area contributed by atoms with Gasteiger partial charge in [-0.25, -0.2) is 4.98 Å². The Morgan fingerprint density at radius 3 is 2.56 bits per heavy atom. The van der Waals surface area contributed by atoms with Gasteiger partial charge >= 0.3 is 0 Å². The molecule has 18 heavy (non-hydrogen) atoms. The lowest BCUT2D eigenvalue weighted by Crippen LogP contribution is -1.99. The molecule has 0 aliphatic heterocycles. The Hall–Kier alpha value is -1.31. The van der Waals surface area contributed by atoms with Crippen molar-refractivity contribution < 1.29 is 0 Å². The van der Waals surface area contributed by atoms with E-state index in [4.69, 9.17) is 4.98 Å². The number of nitrogens with one attached hydrogen (secondary N) is 1. The summed E-state index contributed by atoms with van der Waals surface area (Å²) in [6, 6.07) is 4.41. The third kappa shape index (κ3) is 2.58. The SMILES string of the molecule is CCCCC(CC)c1nc2cc(C)c(C)cc2[nH]1. The fourth-order valence-electron chi connectivity index (χ4n) is 2.47. The molecule has 2 heteroatoms. The van der Waals surface area contributed by atoms with E-state index in [9.17, 15) is 0 Å². The summed E-state index contributed by atoms with van der Waals surface area (Å²) < 4.78 is 0. The summed E-state index contributed by atoms with van der Waals surface area (Å²) in [6.07, 6.45) is 4.95. The second-order valence-corrected chi connectivity index (χ2v) is 5.32. The molecule has 0 saturated carbocycles. The highest BCUT2D eigenvalue weighted by molar-refractivity contribution is 5.77. The number of aromatic nitrogens is 2. The van der Waals surface area contributed by atoms with Gasteiger partial charge in [-0.3, -0.25) is 0 Å². The summed E-state index contributed by atoms with van der Waals surface area (Å²) in [5.41, 5.74) is 4.95. The minimum Gasteiger partial charge on any atom is -0.342 e. The van der Waals surface area contributed by atoms with Crippen molar-refractivity contribution in [1.29, 1.82) is 0 Å². The average Bonchev–Trinajstić information content (AvgIpc) is 2.73. The summed E-state index contributed by atoms with van der Waals surface area (Å²) >= 11 is 0. The van der Waals surface area contributed by atoms with E-state index >= 15 is 0 Å². The molecule has 1 unspecified atom stereocenters. The predicted octanol–water partition coefficient (Wildman–Crippen LogP) is 4.86. The molecule has 2 rings (SSSR count). The molecule has 2 nitrogen and oxygen atoms in total. The number of aromatic amines is 1. The number of aryl methyl sites for hydroxylation is 2. The summed E-state index contributed by atoms with van der Waals surface area (Å²) in [6.45, 7) is 8.81. The zero-order valence-electron chi connectivity index (χ0n) is 12.0. The Balaban J connectivity index is 2.33. The second-order valence-electron chi connectivity index (χ2n) is 5.32. The van der Waals surface area contributed by atoms with Crippen molar-refractivity contribution in [2.75, 3.05) is 0 Å². The van der Waals surface area contributed by atoms with Crippen LogP contribution in [0.4, 0.5) is 0 Å². The van der Waals surface area contributed by atoms with Gasteiger partial charge in [-0.15, -0.1) is 0 Å². The molecule has 0 aliphatic carbocycles. The standard InChI is InChI=1S/C16H24N2/c1-5-7-8-13(6-2)16-17-14-9-11(3)12(4)10-15(14)18-16/h9-10,13H,5-8H2,1-4H3,(H,17,18). The van der Waals surface area contributed by atoms with Crippen molar-refractivity contribution in [2.24, 2.45) is 0 Å². The molecule has 0 radical (unpaired) electrons. The van der Waals surface area contributed by atoms with Crippen LogP contribution >= 0.6 is 0 Å². The topological polar surface area (TPSA) is 28.7 Å². The molecule has 0 aliphatic rings. The first-order chi connectivity index (χ1) is 8.65. The molecule has 2 aromatic rings. The highest BCUT2D eigenvalue weighted by Crippen LogP contribution is 2.26. The largest absolute Gasteiger partial charge is 0.342 e. The normalized spacial score (nSPS) is 13.1. The Kier molecular flexibility index (Phi) is 4.05. The quantitative estimate of drug-likeness (QED) is 0.799. The number of H-pyrrole nitrogens is 1. The van der Waals surface area contributed by atoms with Crippen molar-refractivity contribution >= 4 is 11.0 Å². The van der Waals surface area contributed by atoms with Crippen LogP contribution in [0.3, 0.4) is 0 Å². The third-order valence-corrected chi connectivity index (χ3v) is 3.90. The second kappa shape index (κ2) is 5.55. The third-order valence-electron chi connectivity index (χ3n) is 3.90. The van der Waals surface area contributed by atoms with E-state index in [-0.39, 0.29) is 0 Å². The van der Waals surface area contributed by atoms with Gasteiger partial charge in [-0.1, -0.05) is 26.7 Å². The minimum absolute atomic E-state index is 0.581. The van der Waals surface area contributed by atoms with Crippen molar-refractivity contribution in [2.45, 2.75) is 59.3 Å². The van der Waals surface area contributed by atoms with E-state index < -0.39 is 0 Å². The molecule has 98 valence electrons. The van der Waals surface area contributed by atoms with E-state index in [2.05, 4.69) is 44.8 Å². The van der Waals surface area contributed by atoms with Gasteiger partial charge in [0.25, 0.3) is 0 Å². The summed E-state index contributed by atoms with van der Waals surface area (Å²) in [5, 5.41) is 0. The molecule has 1 aromatic carbocycles. The molecule has 0 amide bonds. The Labute approximate surface area is 110 Å². The number of rotatable bonds is 5. The van der Waals surface area contributed by atoms with Gasteiger partial charge in [0.1, 0.15) is 5.82 Å². The molecule has 1 heterocycles. The molecule has 1 atom stereocenters. The lowest BCUT2D eigenvalue weighted by Gasteiger charge is -2.10. The molecular weight excluding hydrogens is 220 g/mol. The van der Waals surface area contributed by atoms with Gasteiger partial charge in [0.2, 0.25) is 0 Å². The smallest absolute Gasteiger partial charge is 0.110 e. The zero-order valence-corrected chi connectivity index (χ0v) is 12.0. The van der Waals surface area contributed by atoms with Crippen LogP contribution < -0.4 is 0 Å². The van der Waals surface area contributed by atoms with E-state index in [1.165, 1.54) is 41.7 Å². The van der Waals surface area contributed by atoms with Crippen LogP contribution in [0.5, 0.6) is 0 Å². The zero-order chi connectivity index (χ0) is 13.1. The number of nitrogens with zero attached hydrogens (tertiary/aromatic N) is 1. The van der Waals surface area contributed by atoms with Gasteiger partial charge in [0.15, 0.2) is 0 Å². The van der Waals surface area contributed by atoms with Crippen molar-refractivity contribution in [1.82, 2.24) is 9.97 Å².